The van der Waals surface area contributed by atoms with Crippen LogP contribution in [0.15, 0.2) is 0 Å². The van der Waals surface area contributed by atoms with Crippen LogP contribution in [-0.2, 0) is 14.3 Å². The number of likely N-dealkylation sites (N-methyl/N-ethyl adjacent to an activating group) is 1. The summed E-state index contributed by atoms with van der Waals surface area (Å²) in [4.78, 5) is 12.1. The molecule has 0 aliphatic heterocycles. The van der Waals surface area contributed by atoms with Crippen LogP contribution in [0.4, 0.5) is 0 Å². The van der Waals surface area contributed by atoms with Crippen molar-refractivity contribution in [2.45, 2.75) is 57.9 Å². The molecular weight excluding hydrogens is 242 g/mol. The Bertz CT molecular complexity index is 270. The van der Waals surface area contributed by atoms with Gasteiger partial charge in [-0.05, 0) is 38.1 Å². The predicted molar refractivity (Wildman–Crippen MR) is 76.1 cm³/mol. The van der Waals surface area contributed by atoms with Crippen molar-refractivity contribution in [2.24, 2.45) is 5.92 Å². The normalized spacial score (nSPS) is 26.6. The molecule has 4 heteroatoms. The van der Waals surface area contributed by atoms with Crippen molar-refractivity contribution in [1.82, 2.24) is 5.32 Å². The maximum Gasteiger partial charge on any atom is 0.326 e. The lowest BCUT2D eigenvalue weighted by atomic mass is 9.84. The number of methoxy groups -OCH3 is 1. The van der Waals surface area contributed by atoms with Gasteiger partial charge in [-0.1, -0.05) is 26.7 Å². The Hall–Kier alpha value is -0.610. The molecule has 0 radical (unpaired) electrons. The summed E-state index contributed by atoms with van der Waals surface area (Å²) in [6.45, 7) is 6.57. The first-order chi connectivity index (χ1) is 9.21. The maximum atomic E-state index is 12.1. The van der Waals surface area contributed by atoms with Crippen molar-refractivity contribution < 1.29 is 14.3 Å². The molecule has 0 aromatic carbocycles. The second-order valence-corrected chi connectivity index (χ2v) is 5.34. The summed E-state index contributed by atoms with van der Waals surface area (Å²) in [6, 6.07) is 0. The molecule has 19 heavy (non-hydrogen) atoms. The van der Waals surface area contributed by atoms with E-state index in [4.69, 9.17) is 9.47 Å². The van der Waals surface area contributed by atoms with Gasteiger partial charge in [0.25, 0.3) is 0 Å². The fourth-order valence-corrected chi connectivity index (χ4v) is 3.11. The molecule has 0 heterocycles. The fraction of sp³-hybridized carbons (Fsp3) is 0.933. The minimum Gasteiger partial charge on any atom is -0.468 e. The fourth-order valence-electron chi connectivity index (χ4n) is 3.11. The number of esters is 1. The molecule has 0 aromatic rings. The summed E-state index contributed by atoms with van der Waals surface area (Å²) in [7, 11) is 1.48. The lowest BCUT2D eigenvalue weighted by Gasteiger charge is -2.33. The average molecular weight is 271 g/mol. The summed E-state index contributed by atoms with van der Waals surface area (Å²) in [5.41, 5.74) is -0.475. The average Bonchev–Trinajstić information content (AvgIpc) is 2.82. The third kappa shape index (κ3) is 4.18. The maximum absolute atomic E-state index is 12.1. The van der Waals surface area contributed by atoms with Gasteiger partial charge in [-0.2, -0.15) is 0 Å². The Morgan fingerprint density at radius 2 is 2.16 bits per heavy atom. The highest BCUT2D eigenvalue weighted by Gasteiger charge is 2.48. The summed E-state index contributed by atoms with van der Waals surface area (Å²) >= 11 is 0. The molecule has 1 saturated carbocycles. The van der Waals surface area contributed by atoms with Crippen LogP contribution >= 0.6 is 0 Å². The van der Waals surface area contributed by atoms with E-state index in [0.29, 0.717) is 5.92 Å². The van der Waals surface area contributed by atoms with Crippen LogP contribution in [0.2, 0.25) is 0 Å². The summed E-state index contributed by atoms with van der Waals surface area (Å²) in [5.74, 6) is 0.229. The molecule has 1 rings (SSSR count). The van der Waals surface area contributed by atoms with Gasteiger partial charge in [0.15, 0.2) is 0 Å². The lowest BCUT2D eigenvalue weighted by Crippen LogP contribution is -2.55. The molecule has 0 bridgehead atoms. The van der Waals surface area contributed by atoms with Gasteiger partial charge in [0.2, 0.25) is 0 Å². The topological polar surface area (TPSA) is 47.6 Å². The number of hydrogen-bond acceptors (Lipinski definition) is 4. The Morgan fingerprint density at radius 1 is 1.37 bits per heavy atom. The van der Waals surface area contributed by atoms with Crippen molar-refractivity contribution in [3.8, 4) is 0 Å². The van der Waals surface area contributed by atoms with Crippen LogP contribution in [-0.4, -0.2) is 38.4 Å². The monoisotopic (exact) mass is 271 g/mol. The Balaban J connectivity index is 2.51. The quantitative estimate of drug-likeness (QED) is 0.517. The van der Waals surface area contributed by atoms with E-state index in [2.05, 4.69) is 12.2 Å². The van der Waals surface area contributed by atoms with Crippen LogP contribution in [0, 0.1) is 5.92 Å². The molecule has 1 aliphatic rings. The SMILES string of the molecule is CCCCOCCC1CCCC1(NCC)C(=O)OC. The van der Waals surface area contributed by atoms with Crippen LogP contribution < -0.4 is 5.32 Å². The molecule has 112 valence electrons. The van der Waals surface area contributed by atoms with Crippen LogP contribution in [0.3, 0.4) is 0 Å². The van der Waals surface area contributed by atoms with Gasteiger partial charge >= 0.3 is 5.97 Å². The second-order valence-electron chi connectivity index (χ2n) is 5.34. The first-order valence-electron chi connectivity index (χ1n) is 7.62. The molecule has 2 atom stereocenters. The molecule has 1 N–H and O–H groups in total. The zero-order chi connectivity index (χ0) is 14.1. The molecule has 0 spiro atoms. The van der Waals surface area contributed by atoms with Gasteiger partial charge in [-0.15, -0.1) is 0 Å². The lowest BCUT2D eigenvalue weighted by molar-refractivity contribution is -0.150. The van der Waals surface area contributed by atoms with E-state index >= 15 is 0 Å². The third-order valence-electron chi connectivity index (χ3n) is 4.12. The van der Waals surface area contributed by atoms with Crippen molar-refractivity contribution >= 4 is 5.97 Å². The number of rotatable bonds is 9. The Morgan fingerprint density at radius 3 is 2.79 bits per heavy atom. The van der Waals surface area contributed by atoms with Crippen LogP contribution in [0.1, 0.15) is 52.4 Å². The Labute approximate surface area is 117 Å². The minimum atomic E-state index is -0.475. The predicted octanol–water partition coefficient (Wildman–Crippen LogP) is 2.51. The van der Waals surface area contributed by atoms with Crippen molar-refractivity contribution in [2.75, 3.05) is 26.9 Å². The van der Waals surface area contributed by atoms with Gasteiger partial charge in [0, 0.05) is 13.2 Å². The first-order valence-corrected chi connectivity index (χ1v) is 7.62. The summed E-state index contributed by atoms with van der Waals surface area (Å²) < 4.78 is 10.7. The van der Waals surface area contributed by atoms with Gasteiger partial charge < -0.3 is 14.8 Å². The van der Waals surface area contributed by atoms with E-state index in [1.54, 1.807) is 0 Å². The number of unbranched alkanes of at least 4 members (excludes halogenated alkanes) is 1. The highest BCUT2D eigenvalue weighted by molar-refractivity contribution is 5.81. The number of carbonyl (C=O) groups is 1. The molecule has 0 aromatic heterocycles. The van der Waals surface area contributed by atoms with Gasteiger partial charge in [-0.3, -0.25) is 4.79 Å². The molecule has 4 nitrogen and oxygen atoms in total. The van der Waals surface area contributed by atoms with Crippen molar-refractivity contribution in [3.63, 3.8) is 0 Å². The number of hydrogen-bond donors (Lipinski definition) is 1. The van der Waals surface area contributed by atoms with E-state index in [-0.39, 0.29) is 5.97 Å². The Kier molecular flexibility index (Phi) is 7.39. The second kappa shape index (κ2) is 8.54. The highest BCUT2D eigenvalue weighted by Crippen LogP contribution is 2.38. The number of nitrogens with one attached hydrogen (secondary N) is 1. The van der Waals surface area contributed by atoms with Gasteiger partial charge in [0.05, 0.1) is 7.11 Å². The summed E-state index contributed by atoms with van der Waals surface area (Å²) in [5, 5.41) is 3.38. The van der Waals surface area contributed by atoms with Crippen molar-refractivity contribution in [1.29, 1.82) is 0 Å². The molecule has 1 fully saturated rings. The van der Waals surface area contributed by atoms with Gasteiger partial charge in [0.1, 0.15) is 5.54 Å². The zero-order valence-electron chi connectivity index (χ0n) is 12.7. The largest absolute Gasteiger partial charge is 0.468 e. The molecule has 2 unspecified atom stereocenters. The van der Waals surface area contributed by atoms with Gasteiger partial charge in [-0.25, -0.2) is 0 Å². The van der Waals surface area contributed by atoms with Crippen LogP contribution in [0.5, 0.6) is 0 Å². The standard InChI is InChI=1S/C15H29NO3/c1-4-6-11-19-12-9-13-8-7-10-15(13,16-5-2)14(17)18-3/h13,16H,4-12H2,1-3H3. The van der Waals surface area contributed by atoms with E-state index in [1.165, 1.54) is 7.11 Å². The third-order valence-corrected chi connectivity index (χ3v) is 4.12. The first kappa shape index (κ1) is 16.4. The minimum absolute atomic E-state index is 0.106. The zero-order valence-corrected chi connectivity index (χ0v) is 12.7. The molecule has 0 amide bonds. The highest BCUT2D eigenvalue weighted by atomic mass is 16.5. The van der Waals surface area contributed by atoms with E-state index in [9.17, 15) is 4.79 Å². The summed E-state index contributed by atoms with van der Waals surface area (Å²) in [6.07, 6.45) is 6.26. The smallest absolute Gasteiger partial charge is 0.326 e. The number of carbonyl (C=O) groups excluding carboxylic acids is 1. The molecule has 0 saturated heterocycles. The van der Waals surface area contributed by atoms with E-state index in [0.717, 1.165) is 58.3 Å². The van der Waals surface area contributed by atoms with Crippen molar-refractivity contribution in [3.05, 3.63) is 0 Å². The molecule has 1 aliphatic carbocycles. The van der Waals surface area contributed by atoms with E-state index in [1.807, 2.05) is 6.92 Å². The molecular formula is C15H29NO3. The van der Waals surface area contributed by atoms with E-state index < -0.39 is 5.54 Å². The number of ether oxygens (including phenoxy) is 2. The van der Waals surface area contributed by atoms with Crippen LogP contribution in [0.25, 0.3) is 0 Å².